The highest BCUT2D eigenvalue weighted by atomic mass is 32.2. The lowest BCUT2D eigenvalue weighted by Gasteiger charge is -2.28. The molecule has 0 saturated carbocycles. The quantitative estimate of drug-likeness (QED) is 0.738. The molecule has 3 nitrogen and oxygen atoms in total. The van der Waals surface area contributed by atoms with Gasteiger partial charge in [-0.25, -0.2) is 0 Å². The van der Waals surface area contributed by atoms with Crippen molar-refractivity contribution in [2.75, 3.05) is 29.5 Å². The third-order valence-corrected chi connectivity index (χ3v) is 4.15. The average molecular weight is 234 g/mol. The van der Waals surface area contributed by atoms with Crippen LogP contribution in [0.2, 0.25) is 0 Å². The van der Waals surface area contributed by atoms with Crippen LogP contribution in [0.5, 0.6) is 0 Å². The Balaban J connectivity index is 2.19. The molecular formula is C12H14N2OS. The Morgan fingerprint density at radius 2 is 2.06 bits per heavy atom. The fourth-order valence-corrected chi connectivity index (χ4v) is 2.92. The Labute approximate surface area is 98.1 Å². The van der Waals surface area contributed by atoms with E-state index in [-0.39, 0.29) is 0 Å². The number of anilines is 1. The van der Waals surface area contributed by atoms with E-state index in [1.807, 2.05) is 25.1 Å². The molecule has 0 bridgehead atoms. The number of rotatable bonds is 1. The van der Waals surface area contributed by atoms with Crippen molar-refractivity contribution in [3.05, 3.63) is 29.3 Å². The molecular weight excluding hydrogens is 220 g/mol. The normalized spacial score (nSPS) is 17.1. The zero-order chi connectivity index (χ0) is 11.5. The lowest BCUT2D eigenvalue weighted by Crippen LogP contribution is -2.37. The third kappa shape index (κ3) is 2.25. The summed E-state index contributed by atoms with van der Waals surface area (Å²) in [5, 5.41) is 8.85. The molecule has 84 valence electrons. The first kappa shape index (κ1) is 11.2. The zero-order valence-electron chi connectivity index (χ0n) is 9.27. The lowest BCUT2D eigenvalue weighted by atomic mass is 10.1. The molecule has 2 rings (SSSR count). The van der Waals surface area contributed by atoms with Gasteiger partial charge in [0.15, 0.2) is 0 Å². The Hall–Kier alpha value is -1.34. The third-order valence-electron chi connectivity index (χ3n) is 2.87. The van der Waals surface area contributed by atoms with E-state index in [2.05, 4.69) is 11.0 Å². The van der Waals surface area contributed by atoms with Crippen molar-refractivity contribution >= 4 is 16.5 Å². The highest BCUT2D eigenvalue weighted by Gasteiger charge is 2.15. The van der Waals surface area contributed by atoms with Gasteiger partial charge in [-0.15, -0.1) is 0 Å². The van der Waals surface area contributed by atoms with Gasteiger partial charge >= 0.3 is 0 Å². The first-order chi connectivity index (χ1) is 7.70. The van der Waals surface area contributed by atoms with E-state index in [4.69, 9.17) is 5.26 Å². The van der Waals surface area contributed by atoms with Gasteiger partial charge in [0.2, 0.25) is 0 Å². The van der Waals surface area contributed by atoms with Crippen molar-refractivity contribution in [3.8, 4) is 6.07 Å². The van der Waals surface area contributed by atoms with Crippen LogP contribution in [0.3, 0.4) is 0 Å². The summed E-state index contributed by atoms with van der Waals surface area (Å²) in [5.74, 6) is 1.50. The summed E-state index contributed by atoms with van der Waals surface area (Å²) >= 11 is 0. The van der Waals surface area contributed by atoms with Gasteiger partial charge in [-0.1, -0.05) is 0 Å². The fourth-order valence-electron chi connectivity index (χ4n) is 1.87. The molecule has 1 fully saturated rings. The minimum absolute atomic E-state index is 0.640. The van der Waals surface area contributed by atoms with Crippen LogP contribution in [0, 0.1) is 18.3 Å². The number of nitriles is 1. The van der Waals surface area contributed by atoms with Gasteiger partial charge in [-0.05, 0) is 30.7 Å². The Bertz CT molecular complexity index is 455. The summed E-state index contributed by atoms with van der Waals surface area (Å²) in [4.78, 5) is 2.23. The van der Waals surface area contributed by atoms with Crippen LogP contribution in [-0.2, 0) is 10.8 Å². The summed E-state index contributed by atoms with van der Waals surface area (Å²) in [6.45, 7) is 3.64. The summed E-state index contributed by atoms with van der Waals surface area (Å²) in [6.07, 6.45) is 0. The minimum atomic E-state index is -0.640. The van der Waals surface area contributed by atoms with Crippen molar-refractivity contribution in [1.29, 1.82) is 5.26 Å². The molecule has 1 saturated heterocycles. The number of hydrogen-bond donors (Lipinski definition) is 0. The molecule has 0 atom stereocenters. The first-order valence-corrected chi connectivity index (χ1v) is 6.80. The topological polar surface area (TPSA) is 44.1 Å². The second kappa shape index (κ2) is 4.67. The molecule has 1 aromatic carbocycles. The van der Waals surface area contributed by atoms with Crippen LogP contribution >= 0.6 is 0 Å². The SMILES string of the molecule is Cc1cc(N2CCS(=O)CC2)ccc1C#N. The summed E-state index contributed by atoms with van der Waals surface area (Å²) < 4.78 is 11.2. The molecule has 0 radical (unpaired) electrons. The minimum Gasteiger partial charge on any atom is -0.370 e. The van der Waals surface area contributed by atoms with Gasteiger partial charge in [0.05, 0.1) is 11.6 Å². The van der Waals surface area contributed by atoms with Crippen molar-refractivity contribution in [1.82, 2.24) is 0 Å². The molecule has 0 aliphatic carbocycles. The molecule has 0 aromatic heterocycles. The van der Waals surface area contributed by atoms with E-state index in [1.165, 1.54) is 0 Å². The monoisotopic (exact) mass is 234 g/mol. The van der Waals surface area contributed by atoms with Gasteiger partial charge in [-0.3, -0.25) is 4.21 Å². The van der Waals surface area contributed by atoms with Crippen LogP contribution in [0.25, 0.3) is 0 Å². The Kier molecular flexibility index (Phi) is 3.25. The van der Waals surface area contributed by atoms with E-state index in [1.54, 1.807) is 0 Å². The lowest BCUT2D eigenvalue weighted by molar-refractivity contribution is 0.673. The standard InChI is InChI=1S/C12H14N2OS/c1-10-8-12(3-2-11(10)9-13)14-4-6-16(15)7-5-14/h2-3,8H,4-7H2,1H3. The van der Waals surface area contributed by atoms with Gasteiger partial charge in [0.25, 0.3) is 0 Å². The van der Waals surface area contributed by atoms with Crippen molar-refractivity contribution in [2.45, 2.75) is 6.92 Å². The smallest absolute Gasteiger partial charge is 0.0994 e. The molecule has 0 spiro atoms. The number of nitrogens with zero attached hydrogens (tertiary/aromatic N) is 2. The number of hydrogen-bond acceptors (Lipinski definition) is 3. The summed E-state index contributed by atoms with van der Waals surface area (Å²) in [7, 11) is -0.640. The summed E-state index contributed by atoms with van der Waals surface area (Å²) in [6, 6.07) is 8.03. The largest absolute Gasteiger partial charge is 0.370 e. The van der Waals surface area contributed by atoms with E-state index < -0.39 is 10.8 Å². The second-order valence-electron chi connectivity index (χ2n) is 3.95. The first-order valence-electron chi connectivity index (χ1n) is 5.31. The van der Waals surface area contributed by atoms with Gasteiger partial charge in [-0.2, -0.15) is 5.26 Å². The molecule has 1 aliphatic rings. The number of aryl methyl sites for hydroxylation is 1. The van der Waals surface area contributed by atoms with E-state index in [0.29, 0.717) is 0 Å². The van der Waals surface area contributed by atoms with Crippen LogP contribution < -0.4 is 4.90 Å². The molecule has 1 heterocycles. The molecule has 0 unspecified atom stereocenters. The molecule has 0 amide bonds. The molecule has 4 heteroatoms. The van der Waals surface area contributed by atoms with Gasteiger partial charge < -0.3 is 4.90 Å². The molecule has 0 N–H and O–H groups in total. The van der Waals surface area contributed by atoms with E-state index in [9.17, 15) is 4.21 Å². The highest BCUT2D eigenvalue weighted by molar-refractivity contribution is 7.85. The van der Waals surface area contributed by atoms with Crippen LogP contribution in [0.15, 0.2) is 18.2 Å². The van der Waals surface area contributed by atoms with Crippen LogP contribution in [-0.4, -0.2) is 28.8 Å². The van der Waals surface area contributed by atoms with Crippen molar-refractivity contribution in [3.63, 3.8) is 0 Å². The van der Waals surface area contributed by atoms with Gasteiger partial charge in [0.1, 0.15) is 0 Å². The highest BCUT2D eigenvalue weighted by Crippen LogP contribution is 2.20. The second-order valence-corrected chi connectivity index (χ2v) is 5.64. The van der Waals surface area contributed by atoms with E-state index >= 15 is 0 Å². The predicted molar refractivity (Wildman–Crippen MR) is 66.0 cm³/mol. The maximum Gasteiger partial charge on any atom is 0.0994 e. The summed E-state index contributed by atoms with van der Waals surface area (Å²) in [5.41, 5.74) is 2.87. The van der Waals surface area contributed by atoms with Crippen molar-refractivity contribution in [2.24, 2.45) is 0 Å². The Morgan fingerprint density at radius 1 is 1.38 bits per heavy atom. The maximum atomic E-state index is 11.2. The van der Waals surface area contributed by atoms with E-state index in [0.717, 1.165) is 41.4 Å². The molecule has 1 aromatic rings. The molecule has 1 aliphatic heterocycles. The predicted octanol–water partition coefficient (Wildman–Crippen LogP) is 1.44. The number of benzene rings is 1. The van der Waals surface area contributed by atoms with Gasteiger partial charge in [0, 0.05) is 41.1 Å². The van der Waals surface area contributed by atoms with Crippen LogP contribution in [0.4, 0.5) is 5.69 Å². The average Bonchev–Trinajstić information content (AvgIpc) is 2.30. The van der Waals surface area contributed by atoms with Crippen molar-refractivity contribution < 1.29 is 4.21 Å². The zero-order valence-corrected chi connectivity index (χ0v) is 10.1. The fraction of sp³-hybridized carbons (Fsp3) is 0.417. The molecule has 16 heavy (non-hydrogen) atoms. The maximum absolute atomic E-state index is 11.2. The van der Waals surface area contributed by atoms with Crippen LogP contribution in [0.1, 0.15) is 11.1 Å². The Morgan fingerprint density at radius 3 is 2.62 bits per heavy atom.